The average Bonchev–Trinajstić information content (AvgIpc) is 2.61. The minimum atomic E-state index is -4.61. The van der Waals surface area contributed by atoms with Crippen molar-refractivity contribution < 1.29 is 23.1 Å². The first kappa shape index (κ1) is 19.7. The molecule has 0 aliphatic carbocycles. The molecule has 0 aromatic heterocycles. The molecule has 28 heavy (non-hydrogen) atoms. The Balaban J connectivity index is 1.93. The summed E-state index contributed by atoms with van der Waals surface area (Å²) in [5, 5.41) is 17.7. The lowest BCUT2D eigenvalue weighted by Crippen LogP contribution is -2.51. The summed E-state index contributed by atoms with van der Waals surface area (Å²) < 4.78 is 39.6. The molecular formula is C19H16F3N3O2S. The Bertz CT molecular complexity index is 929. The smallest absolute Gasteiger partial charge is 0.418 e. The van der Waals surface area contributed by atoms with E-state index in [-0.39, 0.29) is 22.2 Å². The molecule has 0 saturated carbocycles. The van der Waals surface area contributed by atoms with Gasteiger partial charge in [0, 0.05) is 5.70 Å². The Labute approximate surface area is 164 Å². The lowest BCUT2D eigenvalue weighted by Gasteiger charge is -2.35. The van der Waals surface area contributed by atoms with E-state index in [2.05, 4.69) is 22.5 Å². The Morgan fingerprint density at radius 1 is 1.14 bits per heavy atom. The lowest BCUT2D eigenvalue weighted by molar-refractivity contribution is -0.137. The summed E-state index contributed by atoms with van der Waals surface area (Å²) in [6.07, 6.45) is -4.61. The molecule has 0 radical (unpaired) electrons. The van der Waals surface area contributed by atoms with Crippen LogP contribution in [-0.2, 0) is 11.0 Å². The van der Waals surface area contributed by atoms with E-state index in [9.17, 15) is 23.1 Å². The first-order chi connectivity index (χ1) is 13.2. The highest BCUT2D eigenvalue weighted by Crippen LogP contribution is 2.36. The molecule has 4 N–H and O–H groups in total. The number of benzene rings is 2. The maximum atomic E-state index is 13.2. The normalized spacial score (nSPS) is 19.5. The zero-order chi connectivity index (χ0) is 20.5. The first-order valence-electron chi connectivity index (χ1n) is 8.19. The quantitative estimate of drug-likeness (QED) is 0.584. The summed E-state index contributed by atoms with van der Waals surface area (Å²) in [6, 6.07) is 10.2. The van der Waals surface area contributed by atoms with Crippen LogP contribution >= 0.6 is 12.2 Å². The number of phenols is 1. The van der Waals surface area contributed by atoms with Crippen LogP contribution in [0, 0.1) is 5.92 Å². The minimum Gasteiger partial charge on any atom is -0.508 e. The van der Waals surface area contributed by atoms with E-state index < -0.39 is 29.6 Å². The molecule has 1 aliphatic heterocycles. The van der Waals surface area contributed by atoms with Crippen LogP contribution in [0.1, 0.15) is 17.2 Å². The highest BCUT2D eigenvalue weighted by molar-refractivity contribution is 7.80. The van der Waals surface area contributed by atoms with Gasteiger partial charge in [-0.25, -0.2) is 0 Å². The maximum absolute atomic E-state index is 13.2. The fraction of sp³-hybridized carbons (Fsp3) is 0.158. The zero-order valence-corrected chi connectivity index (χ0v) is 15.2. The van der Waals surface area contributed by atoms with Crippen LogP contribution in [0.5, 0.6) is 5.75 Å². The van der Waals surface area contributed by atoms with Gasteiger partial charge in [-0.3, -0.25) is 4.79 Å². The Kier molecular flexibility index (Phi) is 5.28. The van der Waals surface area contributed by atoms with E-state index in [1.807, 2.05) is 0 Å². The maximum Gasteiger partial charge on any atom is 0.418 e. The van der Waals surface area contributed by atoms with Crippen molar-refractivity contribution in [2.24, 2.45) is 5.92 Å². The molecule has 1 heterocycles. The second kappa shape index (κ2) is 7.51. The van der Waals surface area contributed by atoms with E-state index in [0.717, 1.165) is 6.07 Å². The van der Waals surface area contributed by atoms with Crippen molar-refractivity contribution in [1.82, 2.24) is 10.6 Å². The molecule has 1 saturated heterocycles. The molecule has 1 amide bonds. The van der Waals surface area contributed by atoms with Crippen LogP contribution in [0.25, 0.3) is 0 Å². The van der Waals surface area contributed by atoms with Crippen molar-refractivity contribution >= 4 is 28.9 Å². The van der Waals surface area contributed by atoms with Crippen LogP contribution in [0.2, 0.25) is 0 Å². The number of amides is 1. The molecule has 146 valence electrons. The summed E-state index contributed by atoms with van der Waals surface area (Å²) in [7, 11) is 0. The van der Waals surface area contributed by atoms with Gasteiger partial charge in [0.2, 0.25) is 5.91 Å². The number of halogens is 3. The van der Waals surface area contributed by atoms with E-state index >= 15 is 0 Å². The number of carbonyl (C=O) groups excluding carboxylic acids is 1. The summed E-state index contributed by atoms with van der Waals surface area (Å²) >= 11 is 5.11. The first-order valence-corrected chi connectivity index (χ1v) is 8.60. The van der Waals surface area contributed by atoms with Crippen molar-refractivity contribution in [1.29, 1.82) is 0 Å². The number of aromatic hydroxyl groups is 1. The molecule has 5 nitrogen and oxygen atoms in total. The summed E-state index contributed by atoms with van der Waals surface area (Å²) in [5.41, 5.74) is -0.413. The molecular weight excluding hydrogens is 391 g/mol. The largest absolute Gasteiger partial charge is 0.508 e. The van der Waals surface area contributed by atoms with Crippen LogP contribution < -0.4 is 16.0 Å². The number of anilines is 1. The van der Waals surface area contributed by atoms with Gasteiger partial charge in [0.25, 0.3) is 0 Å². The van der Waals surface area contributed by atoms with Gasteiger partial charge in [0.15, 0.2) is 5.11 Å². The van der Waals surface area contributed by atoms with Crippen LogP contribution in [-0.4, -0.2) is 16.1 Å². The minimum absolute atomic E-state index is 0.0409. The molecule has 1 fully saturated rings. The number of carbonyl (C=O) groups is 1. The SMILES string of the molecule is C=C1NC(=S)N[C@@H](c2ccc(O)cc2)[C@@H]1C(=O)Nc1ccccc1C(F)(F)F. The number of rotatable bonds is 3. The highest BCUT2D eigenvalue weighted by Gasteiger charge is 2.38. The van der Waals surface area contributed by atoms with Crippen LogP contribution in [0.3, 0.4) is 0 Å². The summed E-state index contributed by atoms with van der Waals surface area (Å²) in [6.45, 7) is 3.80. The number of nitrogens with one attached hydrogen (secondary N) is 3. The predicted octanol–water partition coefficient (Wildman–Crippen LogP) is 3.70. The van der Waals surface area contributed by atoms with E-state index in [1.165, 1.54) is 30.3 Å². The van der Waals surface area contributed by atoms with Gasteiger partial charge in [-0.1, -0.05) is 30.8 Å². The molecule has 2 aromatic carbocycles. The summed E-state index contributed by atoms with van der Waals surface area (Å²) in [5.74, 6) is -1.58. The van der Waals surface area contributed by atoms with E-state index in [4.69, 9.17) is 12.2 Å². The number of para-hydroxylation sites is 1. The van der Waals surface area contributed by atoms with Gasteiger partial charge in [0.1, 0.15) is 11.7 Å². The second-order valence-corrected chi connectivity index (χ2v) is 6.61. The standard InChI is InChI=1S/C19H16F3N3O2S/c1-10-15(16(25-18(28)23-10)11-6-8-12(26)9-7-11)17(27)24-14-5-3-2-4-13(14)19(20,21)22/h2-9,15-16,26H,1H2,(H,24,27)(H2,23,25,28)/t15-,16+/m1/s1. The fourth-order valence-corrected chi connectivity index (χ4v) is 3.26. The van der Waals surface area contributed by atoms with Gasteiger partial charge < -0.3 is 21.1 Å². The molecule has 9 heteroatoms. The number of hydrogen-bond donors (Lipinski definition) is 4. The Morgan fingerprint density at radius 2 is 1.79 bits per heavy atom. The molecule has 3 rings (SSSR count). The zero-order valence-electron chi connectivity index (χ0n) is 14.4. The number of hydrogen-bond acceptors (Lipinski definition) is 3. The van der Waals surface area contributed by atoms with Gasteiger partial charge in [-0.2, -0.15) is 13.2 Å². The van der Waals surface area contributed by atoms with Crippen molar-refractivity contribution in [2.45, 2.75) is 12.2 Å². The Morgan fingerprint density at radius 3 is 2.43 bits per heavy atom. The lowest BCUT2D eigenvalue weighted by atomic mass is 9.88. The van der Waals surface area contributed by atoms with Gasteiger partial charge in [-0.05, 0) is 42.0 Å². The molecule has 2 aromatic rings. The molecule has 0 bridgehead atoms. The number of alkyl halides is 3. The fourth-order valence-electron chi connectivity index (χ4n) is 3.00. The third-order valence-corrected chi connectivity index (χ3v) is 4.51. The molecule has 0 spiro atoms. The van der Waals surface area contributed by atoms with Crippen LogP contribution in [0.4, 0.5) is 18.9 Å². The van der Waals surface area contributed by atoms with E-state index in [0.29, 0.717) is 5.56 Å². The Hall–Kier alpha value is -3.07. The van der Waals surface area contributed by atoms with Gasteiger partial charge >= 0.3 is 6.18 Å². The van der Waals surface area contributed by atoms with Crippen molar-refractivity contribution in [3.05, 3.63) is 71.9 Å². The predicted molar refractivity (Wildman–Crippen MR) is 102 cm³/mol. The van der Waals surface area contributed by atoms with Crippen molar-refractivity contribution in [3.63, 3.8) is 0 Å². The summed E-state index contributed by atoms with van der Waals surface area (Å²) in [4.78, 5) is 12.9. The van der Waals surface area contributed by atoms with Gasteiger partial charge in [0.05, 0.1) is 17.3 Å². The molecule has 2 atom stereocenters. The molecule has 0 unspecified atom stereocenters. The third kappa shape index (κ3) is 4.09. The topological polar surface area (TPSA) is 73.4 Å². The number of thiocarbonyl (C=S) groups is 1. The highest BCUT2D eigenvalue weighted by atomic mass is 32.1. The van der Waals surface area contributed by atoms with Crippen molar-refractivity contribution in [2.75, 3.05) is 5.32 Å². The van der Waals surface area contributed by atoms with Crippen LogP contribution in [0.15, 0.2) is 60.8 Å². The third-order valence-electron chi connectivity index (χ3n) is 4.29. The average molecular weight is 407 g/mol. The van der Waals surface area contributed by atoms with Gasteiger partial charge in [-0.15, -0.1) is 0 Å². The second-order valence-electron chi connectivity index (χ2n) is 6.20. The van der Waals surface area contributed by atoms with Crippen molar-refractivity contribution in [3.8, 4) is 5.75 Å². The van der Waals surface area contributed by atoms with E-state index in [1.54, 1.807) is 12.1 Å². The molecule has 1 aliphatic rings. The number of phenolic OH excluding ortho intramolecular Hbond substituents is 1. The monoisotopic (exact) mass is 407 g/mol.